The average Bonchev–Trinajstić information content (AvgIpc) is 3.12. The van der Waals surface area contributed by atoms with E-state index in [4.69, 9.17) is 0 Å². The summed E-state index contributed by atoms with van der Waals surface area (Å²) in [5.74, 6) is -0.274. The van der Waals surface area contributed by atoms with Crippen LogP contribution in [0.1, 0.15) is 15.2 Å². The molecule has 2 aromatic carbocycles. The van der Waals surface area contributed by atoms with Crippen molar-refractivity contribution in [2.45, 2.75) is 6.18 Å². The number of nitrogens with zero attached hydrogens (tertiary/aromatic N) is 1. The number of hydrogen-bond acceptors (Lipinski definition) is 4. The van der Waals surface area contributed by atoms with Crippen LogP contribution in [0, 0.1) is 0 Å². The van der Waals surface area contributed by atoms with Crippen molar-refractivity contribution in [2.24, 2.45) is 0 Å². The number of benzene rings is 2. The van der Waals surface area contributed by atoms with Crippen molar-refractivity contribution >= 4 is 22.8 Å². The van der Waals surface area contributed by atoms with Crippen molar-refractivity contribution in [3.05, 3.63) is 83.5 Å². The Morgan fingerprint density at radius 2 is 1.85 bits per heavy atom. The molecule has 0 fully saturated rings. The van der Waals surface area contributed by atoms with E-state index in [0.717, 1.165) is 22.7 Å². The van der Waals surface area contributed by atoms with E-state index in [-0.39, 0.29) is 11.5 Å². The number of alkyl halides is 3. The zero-order chi connectivity index (χ0) is 18.6. The van der Waals surface area contributed by atoms with Crippen molar-refractivity contribution in [1.82, 2.24) is 4.98 Å². The van der Waals surface area contributed by atoms with Gasteiger partial charge in [-0.25, -0.2) is 4.98 Å². The van der Waals surface area contributed by atoms with Crippen LogP contribution in [0.15, 0.2) is 73.1 Å². The zero-order valence-corrected chi connectivity index (χ0v) is 14.1. The highest BCUT2D eigenvalue weighted by Gasteiger charge is 2.30. The fourth-order valence-electron chi connectivity index (χ4n) is 2.18. The molecule has 3 rings (SSSR count). The Bertz CT molecular complexity index is 933. The minimum Gasteiger partial charge on any atom is -0.362 e. The first-order valence-corrected chi connectivity index (χ1v) is 8.41. The van der Waals surface area contributed by atoms with E-state index in [9.17, 15) is 18.0 Å². The standard InChI is InChI=1S/C19H13F3N2OS/c20-19(21,22)14-7-4-8-15(11-14)23-10-9-16(25)17-12-24-18(26-17)13-5-2-1-3-6-13/h1-12,23H/b10-9+. The number of halogens is 3. The molecular weight excluding hydrogens is 361 g/mol. The Labute approximate surface area is 151 Å². The van der Waals surface area contributed by atoms with E-state index in [1.54, 1.807) is 0 Å². The molecule has 0 amide bonds. The highest BCUT2D eigenvalue weighted by atomic mass is 32.1. The lowest BCUT2D eigenvalue weighted by Gasteiger charge is -2.08. The van der Waals surface area contributed by atoms with Gasteiger partial charge >= 0.3 is 6.18 Å². The van der Waals surface area contributed by atoms with Crippen LogP contribution in [0.3, 0.4) is 0 Å². The number of allylic oxidation sites excluding steroid dienone is 1. The van der Waals surface area contributed by atoms with Crippen LogP contribution in [-0.4, -0.2) is 10.8 Å². The molecule has 0 unspecified atom stereocenters. The largest absolute Gasteiger partial charge is 0.416 e. The maximum atomic E-state index is 12.7. The fraction of sp³-hybridized carbons (Fsp3) is 0.0526. The second-order valence-electron chi connectivity index (χ2n) is 5.32. The van der Waals surface area contributed by atoms with Crippen LogP contribution in [0.25, 0.3) is 10.6 Å². The Kier molecular flexibility index (Phi) is 5.18. The number of thiazole rings is 1. The molecule has 0 radical (unpaired) electrons. The number of anilines is 1. The zero-order valence-electron chi connectivity index (χ0n) is 13.3. The summed E-state index contributed by atoms with van der Waals surface area (Å²) in [7, 11) is 0. The molecule has 0 aliphatic rings. The maximum absolute atomic E-state index is 12.7. The predicted molar refractivity (Wildman–Crippen MR) is 96.1 cm³/mol. The van der Waals surface area contributed by atoms with Crippen LogP contribution in [0.5, 0.6) is 0 Å². The van der Waals surface area contributed by atoms with E-state index in [1.807, 2.05) is 30.3 Å². The second-order valence-corrected chi connectivity index (χ2v) is 6.35. The topological polar surface area (TPSA) is 42.0 Å². The summed E-state index contributed by atoms with van der Waals surface area (Å²) in [6, 6.07) is 14.2. The number of carbonyl (C=O) groups is 1. The number of hydrogen-bond donors (Lipinski definition) is 1. The minimum atomic E-state index is -4.41. The fourth-order valence-corrected chi connectivity index (χ4v) is 3.02. The number of aromatic nitrogens is 1. The molecule has 26 heavy (non-hydrogen) atoms. The molecule has 3 nitrogen and oxygen atoms in total. The van der Waals surface area contributed by atoms with Crippen LogP contribution in [0.2, 0.25) is 0 Å². The summed E-state index contributed by atoms with van der Waals surface area (Å²) in [5, 5.41) is 3.41. The molecule has 132 valence electrons. The average molecular weight is 374 g/mol. The van der Waals surface area contributed by atoms with E-state index >= 15 is 0 Å². The lowest BCUT2D eigenvalue weighted by atomic mass is 10.2. The third kappa shape index (κ3) is 4.37. The van der Waals surface area contributed by atoms with Gasteiger partial charge in [0.1, 0.15) is 5.01 Å². The lowest BCUT2D eigenvalue weighted by Crippen LogP contribution is -2.05. The van der Waals surface area contributed by atoms with Gasteiger partial charge in [-0.15, -0.1) is 11.3 Å². The van der Waals surface area contributed by atoms with Crippen molar-refractivity contribution < 1.29 is 18.0 Å². The van der Waals surface area contributed by atoms with Gasteiger partial charge in [-0.05, 0) is 18.2 Å². The molecule has 0 saturated carbocycles. The molecule has 0 saturated heterocycles. The third-order valence-corrected chi connectivity index (χ3v) is 4.50. The molecule has 1 heterocycles. The van der Waals surface area contributed by atoms with Crippen LogP contribution in [-0.2, 0) is 6.18 Å². The van der Waals surface area contributed by atoms with Crippen molar-refractivity contribution in [3.63, 3.8) is 0 Å². The van der Waals surface area contributed by atoms with E-state index in [1.165, 1.54) is 41.9 Å². The van der Waals surface area contributed by atoms with E-state index in [0.29, 0.717) is 4.88 Å². The number of rotatable bonds is 5. The summed E-state index contributed by atoms with van der Waals surface area (Å²) in [6.45, 7) is 0. The van der Waals surface area contributed by atoms with Gasteiger partial charge in [-0.3, -0.25) is 4.79 Å². The highest BCUT2D eigenvalue weighted by Crippen LogP contribution is 2.30. The second kappa shape index (κ2) is 7.53. The maximum Gasteiger partial charge on any atom is 0.416 e. The van der Waals surface area contributed by atoms with Gasteiger partial charge in [0.25, 0.3) is 0 Å². The van der Waals surface area contributed by atoms with Crippen molar-refractivity contribution in [2.75, 3.05) is 5.32 Å². The van der Waals surface area contributed by atoms with Gasteiger partial charge in [0, 0.05) is 29.7 Å². The number of ketones is 1. The van der Waals surface area contributed by atoms with Gasteiger partial charge in [-0.1, -0.05) is 36.4 Å². The Morgan fingerprint density at radius 1 is 1.08 bits per heavy atom. The van der Waals surface area contributed by atoms with Crippen LogP contribution < -0.4 is 5.32 Å². The Balaban J connectivity index is 1.66. The molecular formula is C19H13F3N2OS. The Morgan fingerprint density at radius 3 is 2.58 bits per heavy atom. The van der Waals surface area contributed by atoms with Gasteiger partial charge in [-0.2, -0.15) is 13.2 Å². The number of nitrogens with one attached hydrogen (secondary N) is 1. The van der Waals surface area contributed by atoms with Gasteiger partial charge in [0.15, 0.2) is 5.78 Å². The predicted octanol–water partition coefficient (Wildman–Crippen LogP) is 5.64. The molecule has 1 N–H and O–H groups in total. The molecule has 0 atom stereocenters. The van der Waals surface area contributed by atoms with Crippen molar-refractivity contribution in [3.8, 4) is 10.6 Å². The van der Waals surface area contributed by atoms with Crippen LogP contribution >= 0.6 is 11.3 Å². The first kappa shape index (κ1) is 17.9. The summed E-state index contributed by atoms with van der Waals surface area (Å²) in [6.07, 6.45) is -0.333. The summed E-state index contributed by atoms with van der Waals surface area (Å²) in [4.78, 5) is 16.9. The first-order chi connectivity index (χ1) is 12.4. The van der Waals surface area contributed by atoms with Crippen LogP contribution in [0.4, 0.5) is 18.9 Å². The van der Waals surface area contributed by atoms with Gasteiger partial charge in [0.05, 0.1) is 10.4 Å². The molecule has 0 aliphatic carbocycles. The molecule has 0 aliphatic heterocycles. The number of carbonyl (C=O) groups excluding carboxylic acids is 1. The molecule has 3 aromatic rings. The van der Waals surface area contributed by atoms with E-state index < -0.39 is 11.7 Å². The third-order valence-electron chi connectivity index (χ3n) is 3.44. The smallest absolute Gasteiger partial charge is 0.362 e. The minimum absolute atomic E-state index is 0.248. The summed E-state index contributed by atoms with van der Waals surface area (Å²) in [5.41, 5.74) is 0.415. The van der Waals surface area contributed by atoms with Gasteiger partial charge in [0.2, 0.25) is 0 Å². The van der Waals surface area contributed by atoms with Gasteiger partial charge < -0.3 is 5.32 Å². The SMILES string of the molecule is O=C(/C=C/Nc1cccc(C(F)(F)F)c1)c1cnc(-c2ccccc2)s1. The first-order valence-electron chi connectivity index (χ1n) is 7.59. The molecule has 0 bridgehead atoms. The van der Waals surface area contributed by atoms with Crippen molar-refractivity contribution in [1.29, 1.82) is 0 Å². The highest BCUT2D eigenvalue weighted by molar-refractivity contribution is 7.17. The summed E-state index contributed by atoms with van der Waals surface area (Å²) < 4.78 is 38.0. The molecule has 0 spiro atoms. The summed E-state index contributed by atoms with van der Waals surface area (Å²) >= 11 is 1.26. The Hall–Kier alpha value is -2.93. The normalized spacial score (nSPS) is 11.7. The lowest BCUT2D eigenvalue weighted by molar-refractivity contribution is -0.137. The molecule has 1 aromatic heterocycles. The quantitative estimate of drug-likeness (QED) is 0.464. The van der Waals surface area contributed by atoms with E-state index in [2.05, 4.69) is 10.3 Å². The molecule has 7 heteroatoms. The monoisotopic (exact) mass is 374 g/mol.